The first-order valence-electron chi connectivity index (χ1n) is 7.49. The predicted molar refractivity (Wildman–Crippen MR) is 94.4 cm³/mol. The molecule has 0 amide bonds. The number of para-hydroxylation sites is 1. The van der Waals surface area contributed by atoms with Crippen LogP contribution in [0.1, 0.15) is 11.5 Å². The number of rotatable bonds is 4. The van der Waals surface area contributed by atoms with Gasteiger partial charge in [0.05, 0.1) is 22.2 Å². The van der Waals surface area contributed by atoms with E-state index >= 15 is 0 Å². The maximum atomic E-state index is 12.4. The van der Waals surface area contributed by atoms with Crippen LogP contribution in [-0.4, -0.2) is 15.4 Å². The number of hydrogen-bond donors (Lipinski definition) is 0. The third kappa shape index (κ3) is 3.09. The first-order valence-corrected chi connectivity index (χ1v) is 8.31. The zero-order valence-corrected chi connectivity index (χ0v) is 13.7. The standard InChI is InChI=1S/C18H12N2O4S/c21-16-10-12(11-24-17(22)8-7-13-4-3-9-23-13)19-18-20(16)14-5-1-2-6-15(14)25-18/h1-10H,11H2. The highest BCUT2D eigenvalue weighted by Crippen LogP contribution is 2.23. The molecule has 0 saturated heterocycles. The average molecular weight is 352 g/mol. The molecule has 0 spiro atoms. The molecule has 3 aromatic heterocycles. The lowest BCUT2D eigenvalue weighted by atomic mass is 10.3. The zero-order valence-electron chi connectivity index (χ0n) is 12.9. The Morgan fingerprint density at radius 1 is 1.28 bits per heavy atom. The number of aromatic nitrogens is 2. The van der Waals surface area contributed by atoms with Gasteiger partial charge in [-0.15, -0.1) is 0 Å². The van der Waals surface area contributed by atoms with Crippen molar-refractivity contribution in [2.24, 2.45) is 0 Å². The maximum absolute atomic E-state index is 12.4. The number of fused-ring (bicyclic) bond motifs is 3. The summed E-state index contributed by atoms with van der Waals surface area (Å²) in [7, 11) is 0. The largest absolute Gasteiger partial charge is 0.465 e. The number of thiazole rings is 1. The van der Waals surface area contributed by atoms with Crippen molar-refractivity contribution in [1.82, 2.24) is 9.38 Å². The quantitative estimate of drug-likeness (QED) is 0.416. The minimum Gasteiger partial charge on any atom is -0.465 e. The van der Waals surface area contributed by atoms with Crippen molar-refractivity contribution < 1.29 is 13.9 Å². The molecule has 0 fully saturated rings. The van der Waals surface area contributed by atoms with E-state index in [0.717, 1.165) is 10.2 Å². The first kappa shape index (κ1) is 15.3. The minimum atomic E-state index is -0.533. The van der Waals surface area contributed by atoms with Gasteiger partial charge in [-0.05, 0) is 30.3 Å². The molecule has 1 aromatic carbocycles. The Bertz CT molecular complexity index is 1140. The summed E-state index contributed by atoms with van der Waals surface area (Å²) in [4.78, 5) is 29.1. The molecule has 0 radical (unpaired) electrons. The van der Waals surface area contributed by atoms with Crippen LogP contribution in [0.3, 0.4) is 0 Å². The molecule has 7 heteroatoms. The van der Waals surface area contributed by atoms with Crippen LogP contribution in [0.25, 0.3) is 21.3 Å². The summed E-state index contributed by atoms with van der Waals surface area (Å²) in [6.45, 7) is -0.0681. The third-order valence-corrected chi connectivity index (χ3v) is 4.56. The molecule has 25 heavy (non-hydrogen) atoms. The molecular formula is C18H12N2O4S. The molecule has 0 atom stereocenters. The summed E-state index contributed by atoms with van der Waals surface area (Å²) in [5.41, 5.74) is 1.04. The number of hydrogen-bond acceptors (Lipinski definition) is 6. The molecule has 0 bridgehead atoms. The van der Waals surface area contributed by atoms with E-state index in [1.54, 1.807) is 16.5 Å². The van der Waals surface area contributed by atoms with E-state index in [-0.39, 0.29) is 12.2 Å². The molecule has 4 rings (SSSR count). The second kappa shape index (κ2) is 6.37. The summed E-state index contributed by atoms with van der Waals surface area (Å²) < 4.78 is 12.8. The van der Waals surface area contributed by atoms with E-state index in [4.69, 9.17) is 9.15 Å². The Kier molecular flexibility index (Phi) is 3.91. The van der Waals surface area contributed by atoms with Gasteiger partial charge < -0.3 is 9.15 Å². The summed E-state index contributed by atoms with van der Waals surface area (Å²) >= 11 is 1.42. The molecule has 0 aliphatic heterocycles. The van der Waals surface area contributed by atoms with Gasteiger partial charge in [0.1, 0.15) is 12.4 Å². The van der Waals surface area contributed by atoms with E-state index in [2.05, 4.69) is 4.98 Å². The van der Waals surface area contributed by atoms with Crippen molar-refractivity contribution in [2.45, 2.75) is 6.61 Å². The highest BCUT2D eigenvalue weighted by Gasteiger charge is 2.10. The number of carbonyl (C=O) groups excluding carboxylic acids is 1. The van der Waals surface area contributed by atoms with Gasteiger partial charge in [0.25, 0.3) is 5.56 Å². The van der Waals surface area contributed by atoms with Gasteiger partial charge in [-0.25, -0.2) is 9.78 Å². The molecule has 3 heterocycles. The van der Waals surface area contributed by atoms with Crippen LogP contribution in [0.15, 0.2) is 64.0 Å². The molecule has 0 N–H and O–H groups in total. The molecule has 0 saturated carbocycles. The predicted octanol–water partition coefficient (Wildman–Crippen LogP) is 3.26. The second-order valence-electron chi connectivity index (χ2n) is 5.23. The highest BCUT2D eigenvalue weighted by atomic mass is 32.1. The van der Waals surface area contributed by atoms with E-state index in [1.165, 1.54) is 35.8 Å². The lowest BCUT2D eigenvalue weighted by Crippen LogP contribution is -2.14. The first-order chi connectivity index (χ1) is 12.2. The topological polar surface area (TPSA) is 73.8 Å². The lowest BCUT2D eigenvalue weighted by molar-refractivity contribution is -0.139. The smallest absolute Gasteiger partial charge is 0.331 e. The fourth-order valence-corrected chi connectivity index (χ4v) is 3.48. The van der Waals surface area contributed by atoms with Gasteiger partial charge >= 0.3 is 5.97 Å². The lowest BCUT2D eigenvalue weighted by Gasteiger charge is -2.02. The van der Waals surface area contributed by atoms with Crippen LogP contribution < -0.4 is 5.56 Å². The molecule has 6 nitrogen and oxygen atoms in total. The van der Waals surface area contributed by atoms with Gasteiger partial charge in [-0.3, -0.25) is 9.20 Å². The second-order valence-corrected chi connectivity index (χ2v) is 6.24. The van der Waals surface area contributed by atoms with Crippen molar-refractivity contribution in [3.8, 4) is 0 Å². The van der Waals surface area contributed by atoms with E-state index in [0.29, 0.717) is 16.4 Å². The van der Waals surface area contributed by atoms with Crippen molar-refractivity contribution >= 4 is 38.6 Å². The van der Waals surface area contributed by atoms with Gasteiger partial charge in [-0.1, -0.05) is 23.5 Å². The van der Waals surface area contributed by atoms with Crippen molar-refractivity contribution in [2.75, 3.05) is 0 Å². The van der Waals surface area contributed by atoms with Crippen LogP contribution in [0.4, 0.5) is 0 Å². The molecular weight excluding hydrogens is 340 g/mol. The Balaban J connectivity index is 1.55. The number of carbonyl (C=O) groups is 1. The van der Waals surface area contributed by atoms with Crippen LogP contribution in [-0.2, 0) is 16.1 Å². The molecule has 0 aliphatic rings. The summed E-state index contributed by atoms with van der Waals surface area (Å²) in [6.07, 6.45) is 4.30. The SMILES string of the molecule is O=C(C=Cc1ccco1)OCc1cc(=O)n2c(n1)sc1ccccc12. The van der Waals surface area contributed by atoms with E-state index in [1.807, 2.05) is 24.3 Å². The van der Waals surface area contributed by atoms with Crippen LogP contribution in [0.5, 0.6) is 0 Å². The van der Waals surface area contributed by atoms with E-state index < -0.39 is 5.97 Å². The van der Waals surface area contributed by atoms with Gasteiger partial charge in [0.2, 0.25) is 0 Å². The third-order valence-electron chi connectivity index (χ3n) is 3.54. The Morgan fingerprint density at radius 3 is 3.00 bits per heavy atom. The fraction of sp³-hybridized carbons (Fsp3) is 0.0556. The fourth-order valence-electron chi connectivity index (χ4n) is 2.43. The van der Waals surface area contributed by atoms with Gasteiger partial charge in [0.15, 0.2) is 4.96 Å². The Labute approximate surface area is 145 Å². The molecule has 0 unspecified atom stereocenters. The summed E-state index contributed by atoms with van der Waals surface area (Å²) in [5.74, 6) is 0.0229. The summed E-state index contributed by atoms with van der Waals surface area (Å²) in [5, 5.41) is 0. The number of nitrogens with zero attached hydrogens (tertiary/aromatic N) is 2. The highest BCUT2D eigenvalue weighted by molar-refractivity contribution is 7.23. The Morgan fingerprint density at radius 2 is 2.16 bits per heavy atom. The average Bonchev–Trinajstić information content (AvgIpc) is 3.25. The summed E-state index contributed by atoms with van der Waals surface area (Å²) in [6, 6.07) is 12.4. The number of esters is 1. The van der Waals surface area contributed by atoms with Crippen LogP contribution >= 0.6 is 11.3 Å². The van der Waals surface area contributed by atoms with Crippen molar-refractivity contribution in [1.29, 1.82) is 0 Å². The monoisotopic (exact) mass is 352 g/mol. The maximum Gasteiger partial charge on any atom is 0.331 e. The van der Waals surface area contributed by atoms with Gasteiger partial charge in [-0.2, -0.15) is 0 Å². The van der Waals surface area contributed by atoms with E-state index in [9.17, 15) is 9.59 Å². The number of benzene rings is 1. The number of ether oxygens (including phenoxy) is 1. The molecule has 4 aromatic rings. The van der Waals surface area contributed by atoms with Crippen LogP contribution in [0.2, 0.25) is 0 Å². The Hall–Kier alpha value is -3.19. The zero-order chi connectivity index (χ0) is 17.2. The van der Waals surface area contributed by atoms with Gasteiger partial charge in [0, 0.05) is 12.1 Å². The molecule has 0 aliphatic carbocycles. The van der Waals surface area contributed by atoms with Crippen molar-refractivity contribution in [3.05, 3.63) is 76.6 Å². The van der Waals surface area contributed by atoms with Crippen LogP contribution in [0, 0.1) is 0 Å². The van der Waals surface area contributed by atoms with Crippen molar-refractivity contribution in [3.63, 3.8) is 0 Å². The number of furan rings is 1. The molecule has 124 valence electrons. The normalized spacial score (nSPS) is 11.5. The minimum absolute atomic E-state index is 0.0681.